The number of nitrogens with two attached hydrogens (primary N) is 1. The minimum absolute atomic E-state index is 0.324. The largest absolute Gasteiger partial charge is 0.329 e. The topological polar surface area (TPSA) is 42.1 Å². The molecule has 2 N–H and O–H groups in total. The fraction of sp³-hybridized carbons (Fsp3) is 0.500. The number of benzene rings is 1. The summed E-state index contributed by atoms with van der Waals surface area (Å²) in [6.07, 6.45) is 4.43. The van der Waals surface area contributed by atoms with Crippen molar-refractivity contribution in [3.05, 3.63) is 42.1 Å². The number of nitrogens with zero attached hydrogens (tertiary/aromatic N) is 2. The van der Waals surface area contributed by atoms with Crippen molar-refractivity contribution in [2.75, 3.05) is 13.1 Å². The van der Waals surface area contributed by atoms with Gasteiger partial charge in [-0.1, -0.05) is 26.0 Å². The lowest BCUT2D eigenvalue weighted by Gasteiger charge is -2.35. The second kappa shape index (κ2) is 6.12. The minimum atomic E-state index is 0.324. The molecule has 0 radical (unpaired) electrons. The summed E-state index contributed by atoms with van der Waals surface area (Å²) in [4.78, 5) is 7.02. The number of rotatable bonds is 4. The van der Waals surface area contributed by atoms with Crippen LogP contribution in [0.1, 0.15) is 38.3 Å². The van der Waals surface area contributed by atoms with Crippen molar-refractivity contribution in [2.45, 2.75) is 38.8 Å². The molecule has 1 aromatic heterocycles. The van der Waals surface area contributed by atoms with E-state index in [1.165, 1.54) is 23.8 Å². The molecule has 1 aliphatic heterocycles. The highest BCUT2D eigenvalue weighted by Crippen LogP contribution is 2.33. The van der Waals surface area contributed by atoms with E-state index in [4.69, 9.17) is 5.73 Å². The standard InChI is InChI=1S/C18H25N3/c1-13(2)17-6-4-10-21(17)18(12-19)15-7-8-16-14(11-15)5-3-9-20-16/h3,5,7-9,11,13,17-18H,4,6,10,12,19H2,1-2H3. The molecule has 0 bridgehead atoms. The first-order valence-corrected chi connectivity index (χ1v) is 8.01. The number of hydrogen-bond acceptors (Lipinski definition) is 3. The molecule has 3 rings (SSSR count). The Hall–Kier alpha value is -1.45. The maximum absolute atomic E-state index is 6.13. The number of aromatic nitrogens is 1. The van der Waals surface area contributed by atoms with Crippen LogP contribution in [0, 0.1) is 5.92 Å². The van der Waals surface area contributed by atoms with Crippen LogP contribution in [-0.2, 0) is 0 Å². The van der Waals surface area contributed by atoms with Gasteiger partial charge in [0.1, 0.15) is 0 Å². The third-order valence-corrected chi connectivity index (χ3v) is 4.75. The zero-order chi connectivity index (χ0) is 14.8. The van der Waals surface area contributed by atoms with Gasteiger partial charge in [0.2, 0.25) is 0 Å². The van der Waals surface area contributed by atoms with Crippen molar-refractivity contribution in [3.8, 4) is 0 Å². The van der Waals surface area contributed by atoms with Crippen molar-refractivity contribution < 1.29 is 0 Å². The maximum atomic E-state index is 6.13. The second-order valence-corrected chi connectivity index (χ2v) is 6.40. The van der Waals surface area contributed by atoms with Crippen LogP contribution < -0.4 is 5.73 Å². The van der Waals surface area contributed by atoms with Crippen LogP contribution in [0.5, 0.6) is 0 Å². The van der Waals surface area contributed by atoms with E-state index in [2.05, 4.69) is 48.0 Å². The highest BCUT2D eigenvalue weighted by Gasteiger charge is 2.32. The first-order chi connectivity index (χ1) is 10.2. The van der Waals surface area contributed by atoms with Crippen molar-refractivity contribution in [1.82, 2.24) is 9.88 Å². The van der Waals surface area contributed by atoms with Gasteiger partial charge in [-0.15, -0.1) is 0 Å². The second-order valence-electron chi connectivity index (χ2n) is 6.40. The molecule has 1 fully saturated rings. The van der Waals surface area contributed by atoms with Crippen LogP contribution in [0.25, 0.3) is 10.9 Å². The Balaban J connectivity index is 1.94. The van der Waals surface area contributed by atoms with E-state index < -0.39 is 0 Å². The normalized spacial score (nSPS) is 21.2. The van der Waals surface area contributed by atoms with E-state index in [1.807, 2.05) is 12.3 Å². The van der Waals surface area contributed by atoms with Crippen LogP contribution in [0.4, 0.5) is 0 Å². The van der Waals surface area contributed by atoms with Crippen molar-refractivity contribution in [1.29, 1.82) is 0 Å². The third kappa shape index (κ3) is 2.81. The van der Waals surface area contributed by atoms with Crippen LogP contribution in [-0.4, -0.2) is 29.0 Å². The molecule has 2 heterocycles. The van der Waals surface area contributed by atoms with E-state index >= 15 is 0 Å². The summed E-state index contributed by atoms with van der Waals surface area (Å²) in [5.74, 6) is 0.684. The molecule has 3 nitrogen and oxygen atoms in total. The Bertz CT molecular complexity index is 608. The molecule has 2 atom stereocenters. The molecule has 112 valence electrons. The molecule has 21 heavy (non-hydrogen) atoms. The Kier molecular flexibility index (Phi) is 4.22. The molecular formula is C18H25N3. The molecule has 2 aromatic rings. The van der Waals surface area contributed by atoms with Gasteiger partial charge in [0.15, 0.2) is 0 Å². The van der Waals surface area contributed by atoms with Crippen molar-refractivity contribution in [2.24, 2.45) is 11.7 Å². The Morgan fingerprint density at radius 1 is 1.33 bits per heavy atom. The van der Waals surface area contributed by atoms with Gasteiger partial charge in [-0.3, -0.25) is 9.88 Å². The summed E-state index contributed by atoms with van der Waals surface area (Å²) in [5, 5.41) is 1.20. The van der Waals surface area contributed by atoms with Gasteiger partial charge in [-0.05, 0) is 49.1 Å². The first kappa shape index (κ1) is 14.5. The van der Waals surface area contributed by atoms with Gasteiger partial charge in [-0.2, -0.15) is 0 Å². The summed E-state index contributed by atoms with van der Waals surface area (Å²) in [6.45, 7) is 6.48. The van der Waals surface area contributed by atoms with Gasteiger partial charge in [-0.25, -0.2) is 0 Å². The minimum Gasteiger partial charge on any atom is -0.329 e. The quantitative estimate of drug-likeness (QED) is 0.935. The molecule has 1 aliphatic rings. The van der Waals surface area contributed by atoms with Gasteiger partial charge in [0, 0.05) is 30.2 Å². The molecule has 3 heteroatoms. The van der Waals surface area contributed by atoms with Crippen molar-refractivity contribution in [3.63, 3.8) is 0 Å². The predicted octanol–water partition coefficient (Wildman–Crippen LogP) is 3.36. The fourth-order valence-corrected chi connectivity index (χ4v) is 3.68. The number of fused-ring (bicyclic) bond motifs is 1. The van der Waals surface area contributed by atoms with Crippen molar-refractivity contribution >= 4 is 10.9 Å². The van der Waals surface area contributed by atoms with E-state index in [-0.39, 0.29) is 0 Å². The molecule has 1 saturated heterocycles. The van der Waals surface area contributed by atoms with Gasteiger partial charge in [0.25, 0.3) is 0 Å². The van der Waals surface area contributed by atoms with E-state index in [0.717, 1.165) is 12.1 Å². The predicted molar refractivity (Wildman–Crippen MR) is 88.1 cm³/mol. The average molecular weight is 283 g/mol. The summed E-state index contributed by atoms with van der Waals surface area (Å²) in [6, 6.07) is 11.7. The van der Waals surface area contributed by atoms with Crippen LogP contribution in [0.15, 0.2) is 36.5 Å². The monoisotopic (exact) mass is 283 g/mol. The first-order valence-electron chi connectivity index (χ1n) is 8.01. The van der Waals surface area contributed by atoms with Crippen LogP contribution in [0.3, 0.4) is 0 Å². The van der Waals surface area contributed by atoms with Crippen LogP contribution >= 0.6 is 0 Å². The summed E-state index contributed by atoms with van der Waals surface area (Å²) < 4.78 is 0. The summed E-state index contributed by atoms with van der Waals surface area (Å²) in [7, 11) is 0. The fourth-order valence-electron chi connectivity index (χ4n) is 3.68. The highest BCUT2D eigenvalue weighted by atomic mass is 15.2. The smallest absolute Gasteiger partial charge is 0.0702 e. The molecule has 0 spiro atoms. The summed E-state index contributed by atoms with van der Waals surface area (Å²) >= 11 is 0. The Labute approximate surface area is 127 Å². The number of pyridine rings is 1. The van der Waals surface area contributed by atoms with Gasteiger partial charge in [0.05, 0.1) is 5.52 Å². The molecular weight excluding hydrogens is 258 g/mol. The lowest BCUT2D eigenvalue weighted by atomic mass is 9.97. The average Bonchev–Trinajstić information content (AvgIpc) is 2.97. The molecule has 0 aliphatic carbocycles. The molecule has 2 unspecified atom stereocenters. The van der Waals surface area contributed by atoms with Crippen LogP contribution in [0.2, 0.25) is 0 Å². The molecule has 1 aromatic carbocycles. The highest BCUT2D eigenvalue weighted by molar-refractivity contribution is 5.79. The SMILES string of the molecule is CC(C)C1CCCN1C(CN)c1ccc2ncccc2c1. The summed E-state index contributed by atoms with van der Waals surface area (Å²) in [5.41, 5.74) is 8.51. The lowest BCUT2D eigenvalue weighted by Crippen LogP contribution is -2.39. The zero-order valence-corrected chi connectivity index (χ0v) is 13.0. The van der Waals surface area contributed by atoms with E-state index in [1.54, 1.807) is 0 Å². The molecule has 0 saturated carbocycles. The lowest BCUT2D eigenvalue weighted by molar-refractivity contribution is 0.149. The number of likely N-dealkylation sites (tertiary alicyclic amines) is 1. The van der Waals surface area contributed by atoms with E-state index in [9.17, 15) is 0 Å². The molecule has 0 amide bonds. The number of hydrogen-bond donors (Lipinski definition) is 1. The Morgan fingerprint density at radius 3 is 2.95 bits per heavy atom. The van der Waals surface area contributed by atoms with Gasteiger partial charge >= 0.3 is 0 Å². The maximum Gasteiger partial charge on any atom is 0.0702 e. The zero-order valence-electron chi connectivity index (χ0n) is 13.0. The third-order valence-electron chi connectivity index (χ3n) is 4.75. The van der Waals surface area contributed by atoms with E-state index in [0.29, 0.717) is 24.5 Å². The van der Waals surface area contributed by atoms with Gasteiger partial charge < -0.3 is 5.73 Å². The Morgan fingerprint density at radius 2 is 2.19 bits per heavy atom.